The van der Waals surface area contributed by atoms with Crippen molar-refractivity contribution < 1.29 is 37.1 Å². The van der Waals surface area contributed by atoms with E-state index in [0.717, 1.165) is 29.8 Å². The van der Waals surface area contributed by atoms with Gasteiger partial charge >= 0.3 is 18.2 Å². The number of hydrogen-bond acceptors (Lipinski definition) is 5. The minimum absolute atomic E-state index is 0.00493. The molecule has 188 valence electrons. The molecule has 1 aliphatic heterocycles. The van der Waals surface area contributed by atoms with Crippen LogP contribution < -0.4 is 15.0 Å². The lowest BCUT2D eigenvalue weighted by atomic mass is 10.1. The number of carbonyl (C=O) groups is 4. The van der Waals surface area contributed by atoms with E-state index in [1.54, 1.807) is 37.3 Å². The molecule has 1 fully saturated rings. The van der Waals surface area contributed by atoms with Gasteiger partial charge in [0, 0.05) is 10.0 Å². The fraction of sp³-hybridized carbons (Fsp3) is 0.0769. The van der Waals surface area contributed by atoms with Crippen LogP contribution in [0.25, 0.3) is 6.08 Å². The Hall–Kier alpha value is -4.25. The summed E-state index contributed by atoms with van der Waals surface area (Å²) in [5.74, 6) is -2.89. The number of barbiturate groups is 1. The van der Waals surface area contributed by atoms with Crippen molar-refractivity contribution in [3.05, 3.63) is 99.0 Å². The molecule has 0 aliphatic carbocycles. The standard InChI is InChI=1S/C26H16BrF3N2O5/c1-14-4-2-5-15(10-14)24(35)37-21-9-8-18(27)11-16(21)12-20-22(33)31-25(36)32(23(20)34)19-7-3-6-17(13-19)26(28,29)30/h2-13H,1H3,(H,31,33,36)/b20-12-. The van der Waals surface area contributed by atoms with Gasteiger partial charge in [-0.1, -0.05) is 39.7 Å². The molecule has 0 atom stereocenters. The molecule has 3 aromatic rings. The zero-order valence-electron chi connectivity index (χ0n) is 18.9. The van der Waals surface area contributed by atoms with E-state index in [0.29, 0.717) is 15.4 Å². The third kappa shape index (κ3) is 5.61. The molecule has 4 rings (SSSR count). The Kier molecular flexibility index (Phi) is 6.99. The van der Waals surface area contributed by atoms with Crippen LogP contribution in [0.1, 0.15) is 27.0 Å². The Morgan fingerprint density at radius 2 is 1.73 bits per heavy atom. The molecule has 0 aromatic heterocycles. The lowest BCUT2D eigenvalue weighted by Crippen LogP contribution is -2.54. The highest BCUT2D eigenvalue weighted by atomic mass is 79.9. The van der Waals surface area contributed by atoms with Crippen molar-refractivity contribution >= 4 is 51.5 Å². The van der Waals surface area contributed by atoms with Crippen LogP contribution in [0, 0.1) is 6.92 Å². The molecule has 1 heterocycles. The van der Waals surface area contributed by atoms with E-state index in [1.807, 2.05) is 5.32 Å². The fourth-order valence-corrected chi connectivity index (χ4v) is 3.90. The van der Waals surface area contributed by atoms with Crippen LogP contribution >= 0.6 is 15.9 Å². The third-order valence-electron chi connectivity index (χ3n) is 5.26. The second kappa shape index (κ2) is 10.0. The number of aryl methyl sites for hydroxylation is 1. The maximum Gasteiger partial charge on any atom is 0.416 e. The molecule has 0 radical (unpaired) electrons. The number of alkyl halides is 3. The normalized spacial score (nSPS) is 15.1. The Morgan fingerprint density at radius 1 is 1.00 bits per heavy atom. The first-order valence-corrected chi connectivity index (χ1v) is 11.4. The minimum atomic E-state index is -4.72. The first kappa shape index (κ1) is 25.8. The van der Waals surface area contributed by atoms with Gasteiger partial charge in [0.1, 0.15) is 11.3 Å². The lowest BCUT2D eigenvalue weighted by Gasteiger charge is -2.27. The molecule has 0 unspecified atom stereocenters. The summed E-state index contributed by atoms with van der Waals surface area (Å²) < 4.78 is 45.5. The van der Waals surface area contributed by atoms with Gasteiger partial charge in [-0.2, -0.15) is 13.2 Å². The van der Waals surface area contributed by atoms with Gasteiger partial charge in [-0.05, 0) is 61.5 Å². The van der Waals surface area contributed by atoms with E-state index in [1.165, 1.54) is 12.1 Å². The summed E-state index contributed by atoms with van der Waals surface area (Å²) in [5, 5.41) is 1.95. The van der Waals surface area contributed by atoms with E-state index in [-0.39, 0.29) is 22.6 Å². The molecule has 4 amide bonds. The molecule has 1 aliphatic rings. The predicted molar refractivity (Wildman–Crippen MR) is 131 cm³/mol. The molecule has 1 saturated heterocycles. The van der Waals surface area contributed by atoms with Crippen molar-refractivity contribution in [2.45, 2.75) is 13.1 Å². The zero-order valence-corrected chi connectivity index (χ0v) is 20.5. The third-order valence-corrected chi connectivity index (χ3v) is 5.75. The van der Waals surface area contributed by atoms with Crippen LogP contribution in [-0.2, 0) is 15.8 Å². The minimum Gasteiger partial charge on any atom is -0.422 e. The van der Waals surface area contributed by atoms with E-state index < -0.39 is 41.1 Å². The van der Waals surface area contributed by atoms with Gasteiger partial charge in [0.2, 0.25) is 0 Å². The number of nitrogens with zero attached hydrogens (tertiary/aromatic N) is 1. The van der Waals surface area contributed by atoms with Gasteiger partial charge in [-0.15, -0.1) is 0 Å². The Morgan fingerprint density at radius 3 is 2.43 bits per heavy atom. The smallest absolute Gasteiger partial charge is 0.416 e. The van der Waals surface area contributed by atoms with Crippen LogP contribution in [0.15, 0.2) is 76.8 Å². The first-order chi connectivity index (χ1) is 17.4. The lowest BCUT2D eigenvalue weighted by molar-refractivity contribution is -0.137. The summed E-state index contributed by atoms with van der Waals surface area (Å²) >= 11 is 3.27. The maximum absolute atomic E-state index is 13.2. The van der Waals surface area contributed by atoms with Crippen LogP contribution in [0.4, 0.5) is 23.7 Å². The second-order valence-corrected chi connectivity index (χ2v) is 8.86. The molecule has 37 heavy (non-hydrogen) atoms. The molecule has 0 bridgehead atoms. The summed E-state index contributed by atoms with van der Waals surface area (Å²) in [6, 6.07) is 13.5. The maximum atomic E-state index is 13.2. The van der Waals surface area contributed by atoms with E-state index >= 15 is 0 Å². The van der Waals surface area contributed by atoms with Crippen LogP contribution in [0.5, 0.6) is 5.75 Å². The Labute approximate surface area is 216 Å². The number of imide groups is 2. The van der Waals surface area contributed by atoms with Crippen molar-refractivity contribution in [2.75, 3.05) is 4.90 Å². The highest BCUT2D eigenvalue weighted by molar-refractivity contribution is 9.10. The number of anilines is 1. The average molecular weight is 573 g/mol. The monoisotopic (exact) mass is 572 g/mol. The molecule has 11 heteroatoms. The van der Waals surface area contributed by atoms with Gasteiger partial charge in [0.25, 0.3) is 11.8 Å². The van der Waals surface area contributed by atoms with Crippen molar-refractivity contribution in [3.63, 3.8) is 0 Å². The number of esters is 1. The number of halogens is 4. The molecule has 7 nitrogen and oxygen atoms in total. The summed E-state index contributed by atoms with van der Waals surface area (Å²) in [4.78, 5) is 51.2. The highest BCUT2D eigenvalue weighted by Gasteiger charge is 2.38. The molecular weight excluding hydrogens is 557 g/mol. The fourth-order valence-electron chi connectivity index (χ4n) is 3.52. The van der Waals surface area contributed by atoms with Crippen LogP contribution in [-0.4, -0.2) is 23.8 Å². The van der Waals surface area contributed by atoms with Crippen molar-refractivity contribution in [1.82, 2.24) is 5.32 Å². The second-order valence-electron chi connectivity index (χ2n) is 7.95. The van der Waals surface area contributed by atoms with Gasteiger partial charge in [0.15, 0.2) is 0 Å². The number of nitrogens with one attached hydrogen (secondary N) is 1. The topological polar surface area (TPSA) is 92.8 Å². The quantitative estimate of drug-likeness (QED) is 0.188. The zero-order chi connectivity index (χ0) is 26.9. The summed E-state index contributed by atoms with van der Waals surface area (Å²) in [6.07, 6.45) is -3.62. The number of ether oxygens (including phenoxy) is 1. The van der Waals surface area contributed by atoms with E-state index in [9.17, 15) is 32.3 Å². The first-order valence-electron chi connectivity index (χ1n) is 10.6. The predicted octanol–water partition coefficient (Wildman–Crippen LogP) is 5.66. The number of carbonyl (C=O) groups excluding carboxylic acids is 4. The molecule has 1 N–H and O–H groups in total. The summed E-state index contributed by atoms with van der Waals surface area (Å²) in [5.41, 5.74) is -0.776. The van der Waals surface area contributed by atoms with Gasteiger partial charge in [-0.3, -0.25) is 14.9 Å². The highest BCUT2D eigenvalue weighted by Crippen LogP contribution is 2.33. The van der Waals surface area contributed by atoms with Crippen LogP contribution in [0.3, 0.4) is 0 Å². The average Bonchev–Trinajstić information content (AvgIpc) is 2.83. The number of urea groups is 1. The number of amides is 4. The van der Waals surface area contributed by atoms with Gasteiger partial charge in [0.05, 0.1) is 16.8 Å². The van der Waals surface area contributed by atoms with Crippen molar-refractivity contribution in [1.29, 1.82) is 0 Å². The number of benzene rings is 3. The van der Waals surface area contributed by atoms with Crippen molar-refractivity contribution in [3.8, 4) is 5.75 Å². The molecule has 3 aromatic carbocycles. The Balaban J connectivity index is 1.72. The largest absolute Gasteiger partial charge is 0.422 e. The van der Waals surface area contributed by atoms with E-state index in [2.05, 4.69) is 15.9 Å². The summed E-state index contributed by atoms with van der Waals surface area (Å²) in [7, 11) is 0. The van der Waals surface area contributed by atoms with Crippen LogP contribution in [0.2, 0.25) is 0 Å². The molecule has 0 saturated carbocycles. The van der Waals surface area contributed by atoms with Gasteiger partial charge < -0.3 is 4.74 Å². The van der Waals surface area contributed by atoms with Gasteiger partial charge in [-0.25, -0.2) is 14.5 Å². The van der Waals surface area contributed by atoms with E-state index in [4.69, 9.17) is 4.74 Å². The SMILES string of the molecule is Cc1cccc(C(=O)Oc2ccc(Br)cc2/C=C2/C(=O)NC(=O)N(c3cccc(C(F)(F)F)c3)C2=O)c1. The molecular formula is C26H16BrF3N2O5. The number of hydrogen-bond donors (Lipinski definition) is 1. The number of rotatable bonds is 4. The summed E-state index contributed by atoms with van der Waals surface area (Å²) in [6.45, 7) is 1.80. The molecule has 0 spiro atoms. The van der Waals surface area contributed by atoms with Crippen molar-refractivity contribution in [2.24, 2.45) is 0 Å². The Bertz CT molecular complexity index is 1480.